The summed E-state index contributed by atoms with van der Waals surface area (Å²) >= 11 is 2.20. The standard InChI is InChI=1S/C32H50INO5/c1-6-8-9-10-11-12-13-17-20-31(36)38-30(27(5)23-26(4)21-22-33)24-25(3)18-15-14-16-19-29(28(35)7-2)39-32(34)37/h6-7,14-15,18,21-23,27-30,35H,1-2,8-13,16-17,19-20,24H2,3-5H3,(H2,34,37)/b15-14+,22-21+,25-18+,26-23+/t27-,28+,29+,30-/m1/s1. The predicted molar refractivity (Wildman–Crippen MR) is 171 cm³/mol. The minimum Gasteiger partial charge on any atom is -0.461 e. The molecule has 0 aliphatic carbocycles. The lowest BCUT2D eigenvalue weighted by Crippen LogP contribution is -2.32. The first-order valence-corrected chi connectivity index (χ1v) is 15.2. The highest BCUT2D eigenvalue weighted by Gasteiger charge is 2.21. The van der Waals surface area contributed by atoms with Crippen molar-refractivity contribution in [1.82, 2.24) is 0 Å². The van der Waals surface area contributed by atoms with Gasteiger partial charge in [-0.25, -0.2) is 4.79 Å². The van der Waals surface area contributed by atoms with E-state index in [1.807, 2.05) is 48.3 Å². The normalized spacial score (nSPS) is 15.6. The largest absolute Gasteiger partial charge is 0.461 e. The topological polar surface area (TPSA) is 98.9 Å². The van der Waals surface area contributed by atoms with Gasteiger partial charge in [-0.05, 0) is 50.0 Å². The molecule has 0 bridgehead atoms. The Morgan fingerprint density at radius 3 is 2.28 bits per heavy atom. The van der Waals surface area contributed by atoms with Crippen LogP contribution in [0.4, 0.5) is 4.79 Å². The zero-order chi connectivity index (χ0) is 29.5. The molecule has 3 N–H and O–H groups in total. The Kier molecular flexibility index (Phi) is 22.4. The lowest BCUT2D eigenvalue weighted by atomic mass is 9.95. The van der Waals surface area contributed by atoms with Gasteiger partial charge in [0.05, 0.1) is 0 Å². The van der Waals surface area contributed by atoms with Crippen LogP contribution in [0.15, 0.2) is 70.9 Å². The number of hydrogen-bond donors (Lipinski definition) is 2. The van der Waals surface area contributed by atoms with Gasteiger partial charge in [0.15, 0.2) is 0 Å². The predicted octanol–water partition coefficient (Wildman–Crippen LogP) is 8.42. The number of carbonyl (C=O) groups excluding carboxylic acids is 2. The van der Waals surface area contributed by atoms with Crippen LogP contribution in [0.25, 0.3) is 0 Å². The monoisotopic (exact) mass is 655 g/mol. The van der Waals surface area contributed by atoms with Crippen molar-refractivity contribution in [3.63, 3.8) is 0 Å². The Hall–Kier alpha value is -2.13. The molecule has 0 aliphatic rings. The van der Waals surface area contributed by atoms with Crippen molar-refractivity contribution >= 4 is 34.7 Å². The fraction of sp³-hybridized carbons (Fsp3) is 0.562. The average molecular weight is 656 g/mol. The van der Waals surface area contributed by atoms with E-state index in [9.17, 15) is 14.7 Å². The Labute approximate surface area is 250 Å². The van der Waals surface area contributed by atoms with Gasteiger partial charge >= 0.3 is 12.1 Å². The molecule has 0 saturated carbocycles. The van der Waals surface area contributed by atoms with E-state index in [0.29, 0.717) is 25.7 Å². The van der Waals surface area contributed by atoms with Gasteiger partial charge in [-0.2, -0.15) is 0 Å². The summed E-state index contributed by atoms with van der Waals surface area (Å²) in [4.78, 5) is 23.7. The van der Waals surface area contributed by atoms with Crippen LogP contribution in [0.3, 0.4) is 0 Å². The number of aliphatic hydroxyl groups excluding tert-OH is 1. The van der Waals surface area contributed by atoms with Crippen molar-refractivity contribution in [2.24, 2.45) is 11.7 Å². The summed E-state index contributed by atoms with van der Waals surface area (Å²) in [6.07, 6.45) is 20.2. The molecule has 39 heavy (non-hydrogen) atoms. The molecular weight excluding hydrogens is 605 g/mol. The number of rotatable bonds is 22. The number of esters is 1. The van der Waals surface area contributed by atoms with Gasteiger partial charge in [-0.15, -0.1) is 13.2 Å². The fourth-order valence-electron chi connectivity index (χ4n) is 4.08. The summed E-state index contributed by atoms with van der Waals surface area (Å²) in [5.74, 6) is -0.0792. The zero-order valence-electron chi connectivity index (χ0n) is 24.2. The molecule has 1 amide bonds. The number of amides is 1. The Morgan fingerprint density at radius 1 is 1.00 bits per heavy atom. The first-order valence-electron chi connectivity index (χ1n) is 14.0. The van der Waals surface area contributed by atoms with E-state index >= 15 is 0 Å². The lowest BCUT2D eigenvalue weighted by Gasteiger charge is -2.23. The second-order valence-corrected chi connectivity index (χ2v) is 10.7. The number of nitrogens with two attached hydrogens (primary N) is 1. The van der Waals surface area contributed by atoms with Crippen molar-refractivity contribution in [1.29, 1.82) is 0 Å². The molecule has 0 radical (unpaired) electrons. The van der Waals surface area contributed by atoms with Crippen LogP contribution in [-0.2, 0) is 14.3 Å². The molecular formula is C32H50INO5. The Morgan fingerprint density at radius 2 is 1.67 bits per heavy atom. The number of aliphatic hydroxyl groups is 1. The maximum Gasteiger partial charge on any atom is 0.404 e. The van der Waals surface area contributed by atoms with E-state index in [-0.39, 0.29) is 18.0 Å². The van der Waals surface area contributed by atoms with E-state index < -0.39 is 18.3 Å². The van der Waals surface area contributed by atoms with Crippen molar-refractivity contribution in [3.8, 4) is 0 Å². The molecule has 6 nitrogen and oxygen atoms in total. The van der Waals surface area contributed by atoms with Gasteiger partial charge in [0.1, 0.15) is 18.3 Å². The smallest absolute Gasteiger partial charge is 0.404 e. The molecule has 0 fully saturated rings. The molecule has 0 aromatic heterocycles. The number of hydrogen-bond acceptors (Lipinski definition) is 5. The third kappa shape index (κ3) is 20.4. The van der Waals surface area contributed by atoms with Crippen LogP contribution >= 0.6 is 22.6 Å². The van der Waals surface area contributed by atoms with E-state index in [4.69, 9.17) is 15.2 Å². The SMILES string of the molecule is C=CCCCCCCCCC(=O)O[C@H](C/C(C)=C/C=C/CC[C@H](OC(N)=O)[C@@H](O)C=C)[C@H](C)/C=C(C)/C=C/I. The second kappa shape index (κ2) is 23.7. The molecule has 0 aliphatic heterocycles. The average Bonchev–Trinajstić information content (AvgIpc) is 2.88. The lowest BCUT2D eigenvalue weighted by molar-refractivity contribution is -0.150. The Bertz CT molecular complexity index is 845. The van der Waals surface area contributed by atoms with E-state index in [1.165, 1.54) is 25.3 Å². The highest BCUT2D eigenvalue weighted by atomic mass is 127. The summed E-state index contributed by atoms with van der Waals surface area (Å²) in [7, 11) is 0. The van der Waals surface area contributed by atoms with Gasteiger partial charge in [0.2, 0.25) is 0 Å². The molecule has 0 rings (SSSR count). The van der Waals surface area contributed by atoms with Crippen LogP contribution in [0, 0.1) is 5.92 Å². The highest BCUT2D eigenvalue weighted by Crippen LogP contribution is 2.21. The molecule has 0 aromatic carbocycles. The number of allylic oxidation sites excluding steroid dienone is 6. The first-order chi connectivity index (χ1) is 18.6. The summed E-state index contributed by atoms with van der Waals surface area (Å²) in [5.41, 5.74) is 7.30. The third-order valence-electron chi connectivity index (χ3n) is 6.31. The molecule has 0 saturated heterocycles. The Balaban J connectivity index is 5.00. The van der Waals surface area contributed by atoms with E-state index in [0.717, 1.165) is 36.8 Å². The molecule has 220 valence electrons. The van der Waals surface area contributed by atoms with Crippen molar-refractivity contribution in [2.45, 2.75) is 110 Å². The number of ether oxygens (including phenoxy) is 2. The van der Waals surface area contributed by atoms with Crippen LogP contribution in [0.1, 0.15) is 91.4 Å². The number of primary amides is 1. The fourth-order valence-corrected chi connectivity index (χ4v) is 4.65. The summed E-state index contributed by atoms with van der Waals surface area (Å²) in [6.45, 7) is 13.4. The molecule has 7 heteroatoms. The molecule has 0 aromatic rings. The van der Waals surface area contributed by atoms with Gasteiger partial charge in [0.25, 0.3) is 0 Å². The molecule has 4 atom stereocenters. The van der Waals surface area contributed by atoms with Crippen molar-refractivity contribution < 1.29 is 24.2 Å². The van der Waals surface area contributed by atoms with Gasteiger partial charge in [0, 0.05) is 18.8 Å². The minimum absolute atomic E-state index is 0.0610. The van der Waals surface area contributed by atoms with Crippen molar-refractivity contribution in [3.05, 3.63) is 70.9 Å². The third-order valence-corrected chi connectivity index (χ3v) is 6.67. The number of halogens is 1. The summed E-state index contributed by atoms with van der Waals surface area (Å²) < 4.78 is 12.9. The first kappa shape index (κ1) is 36.9. The van der Waals surface area contributed by atoms with Crippen LogP contribution < -0.4 is 5.73 Å². The summed E-state index contributed by atoms with van der Waals surface area (Å²) in [6, 6.07) is 0. The van der Waals surface area contributed by atoms with Crippen LogP contribution in [0.2, 0.25) is 0 Å². The minimum atomic E-state index is -0.971. The number of carbonyl (C=O) groups is 2. The van der Waals surface area contributed by atoms with Crippen molar-refractivity contribution in [2.75, 3.05) is 0 Å². The van der Waals surface area contributed by atoms with Gasteiger partial charge in [-0.1, -0.05) is 109 Å². The van der Waals surface area contributed by atoms with Gasteiger partial charge < -0.3 is 20.3 Å². The maximum absolute atomic E-state index is 12.7. The van der Waals surface area contributed by atoms with E-state index in [2.05, 4.69) is 48.7 Å². The van der Waals surface area contributed by atoms with E-state index in [1.54, 1.807) is 0 Å². The van der Waals surface area contributed by atoms with Crippen LogP contribution in [-0.4, -0.2) is 35.5 Å². The van der Waals surface area contributed by atoms with Crippen LogP contribution in [0.5, 0.6) is 0 Å². The second-order valence-electron chi connectivity index (χ2n) is 9.96. The quantitative estimate of drug-likeness (QED) is 0.0401. The molecule has 0 unspecified atom stereocenters. The zero-order valence-corrected chi connectivity index (χ0v) is 26.3. The highest BCUT2D eigenvalue weighted by molar-refractivity contribution is 14.1. The number of unbranched alkanes of at least 4 members (excludes halogenated alkanes) is 6. The molecule has 0 heterocycles. The summed E-state index contributed by atoms with van der Waals surface area (Å²) in [5, 5.41) is 9.91. The maximum atomic E-state index is 12.7. The molecule has 0 spiro atoms. The van der Waals surface area contributed by atoms with Gasteiger partial charge in [-0.3, -0.25) is 4.79 Å².